The molecule has 0 unspecified atom stereocenters. The van der Waals surface area contributed by atoms with Gasteiger partial charge >= 0.3 is 0 Å². The van der Waals surface area contributed by atoms with E-state index in [9.17, 15) is 8.42 Å². The molecular formula is C13H20N2O2S2. The van der Waals surface area contributed by atoms with Crippen LogP contribution in [0.3, 0.4) is 0 Å². The Labute approximate surface area is 119 Å². The molecule has 1 saturated heterocycles. The Balaban J connectivity index is 2.30. The molecule has 1 fully saturated rings. The van der Waals surface area contributed by atoms with Crippen molar-refractivity contribution in [3.63, 3.8) is 0 Å². The van der Waals surface area contributed by atoms with Crippen LogP contribution in [0.4, 0.5) is 5.69 Å². The highest BCUT2D eigenvalue weighted by atomic mass is 32.2. The summed E-state index contributed by atoms with van der Waals surface area (Å²) in [6.07, 6.45) is 1.72. The fourth-order valence-electron chi connectivity index (χ4n) is 2.17. The van der Waals surface area contributed by atoms with Gasteiger partial charge in [-0.15, -0.1) is 0 Å². The van der Waals surface area contributed by atoms with Crippen molar-refractivity contribution in [2.75, 3.05) is 30.3 Å². The first-order chi connectivity index (χ1) is 9.05. The van der Waals surface area contributed by atoms with E-state index in [1.54, 1.807) is 16.4 Å². The number of hydrogen-bond acceptors (Lipinski definition) is 4. The third-order valence-corrected chi connectivity index (χ3v) is 6.26. The third-order valence-electron chi connectivity index (χ3n) is 3.32. The summed E-state index contributed by atoms with van der Waals surface area (Å²) in [7, 11) is -3.39. The lowest BCUT2D eigenvalue weighted by Gasteiger charge is -2.20. The first-order valence-electron chi connectivity index (χ1n) is 6.52. The third kappa shape index (κ3) is 3.24. The van der Waals surface area contributed by atoms with Gasteiger partial charge in [-0.05, 0) is 36.3 Å². The van der Waals surface area contributed by atoms with Crippen molar-refractivity contribution in [3.8, 4) is 0 Å². The molecule has 1 aliphatic heterocycles. The molecule has 0 amide bonds. The van der Waals surface area contributed by atoms with Gasteiger partial charge in [0.15, 0.2) is 0 Å². The molecule has 0 radical (unpaired) electrons. The van der Waals surface area contributed by atoms with Crippen LogP contribution in [0.5, 0.6) is 0 Å². The van der Waals surface area contributed by atoms with Crippen LogP contribution in [0.25, 0.3) is 0 Å². The maximum Gasteiger partial charge on any atom is 0.243 e. The molecule has 2 N–H and O–H groups in total. The lowest BCUT2D eigenvalue weighted by atomic mass is 10.1. The van der Waals surface area contributed by atoms with E-state index in [4.69, 9.17) is 5.73 Å². The molecule has 4 nitrogen and oxygen atoms in total. The van der Waals surface area contributed by atoms with E-state index in [1.807, 2.05) is 24.8 Å². The predicted molar refractivity (Wildman–Crippen MR) is 80.9 cm³/mol. The Kier molecular flexibility index (Phi) is 4.76. The number of benzene rings is 1. The lowest BCUT2D eigenvalue weighted by molar-refractivity contribution is 0.435. The number of hydrogen-bond donors (Lipinski definition) is 1. The number of anilines is 1. The summed E-state index contributed by atoms with van der Waals surface area (Å²) in [5.41, 5.74) is 7.46. The molecule has 0 bridgehead atoms. The largest absolute Gasteiger partial charge is 0.398 e. The standard InChI is InChI=1S/C13H20N2O2S2/c1-2-11-4-5-12(10-13(11)14)19(16,17)15-6-3-8-18-9-7-15/h4-5,10H,2-3,6-9,14H2,1H3. The summed E-state index contributed by atoms with van der Waals surface area (Å²) in [5, 5.41) is 0. The second-order valence-electron chi connectivity index (χ2n) is 4.58. The zero-order valence-electron chi connectivity index (χ0n) is 11.1. The molecule has 0 aromatic heterocycles. The molecule has 0 aliphatic carbocycles. The zero-order valence-corrected chi connectivity index (χ0v) is 12.8. The van der Waals surface area contributed by atoms with Gasteiger partial charge in [-0.2, -0.15) is 16.1 Å². The fraction of sp³-hybridized carbons (Fsp3) is 0.538. The molecule has 106 valence electrons. The summed E-state index contributed by atoms with van der Waals surface area (Å²) in [4.78, 5) is 0.314. The number of nitrogens with zero attached hydrogens (tertiary/aromatic N) is 1. The lowest BCUT2D eigenvalue weighted by Crippen LogP contribution is -2.33. The van der Waals surface area contributed by atoms with Crippen molar-refractivity contribution < 1.29 is 8.42 Å². The van der Waals surface area contributed by atoms with E-state index in [1.165, 1.54) is 0 Å². The van der Waals surface area contributed by atoms with E-state index in [-0.39, 0.29) is 0 Å². The molecule has 0 saturated carbocycles. The molecule has 1 heterocycles. The molecule has 0 atom stereocenters. The monoisotopic (exact) mass is 300 g/mol. The fourth-order valence-corrected chi connectivity index (χ4v) is 4.69. The average Bonchev–Trinajstić information content (AvgIpc) is 2.67. The van der Waals surface area contributed by atoms with Gasteiger partial charge in [0.25, 0.3) is 0 Å². The Bertz CT molecular complexity index is 536. The Morgan fingerprint density at radius 3 is 2.79 bits per heavy atom. The van der Waals surface area contributed by atoms with Crippen molar-refractivity contribution in [1.29, 1.82) is 0 Å². The van der Waals surface area contributed by atoms with Gasteiger partial charge in [-0.25, -0.2) is 8.42 Å². The summed E-state index contributed by atoms with van der Waals surface area (Å²) in [5.74, 6) is 1.89. The topological polar surface area (TPSA) is 63.4 Å². The average molecular weight is 300 g/mol. The molecule has 0 spiro atoms. The number of thioether (sulfide) groups is 1. The smallest absolute Gasteiger partial charge is 0.243 e. The van der Waals surface area contributed by atoms with Crippen LogP contribution in [0.1, 0.15) is 18.9 Å². The molecule has 1 aromatic rings. The molecule has 1 aromatic carbocycles. The molecule has 19 heavy (non-hydrogen) atoms. The minimum Gasteiger partial charge on any atom is -0.398 e. The highest BCUT2D eigenvalue weighted by Crippen LogP contribution is 2.23. The van der Waals surface area contributed by atoms with Crippen LogP contribution < -0.4 is 5.73 Å². The first-order valence-corrected chi connectivity index (χ1v) is 9.11. The van der Waals surface area contributed by atoms with E-state index < -0.39 is 10.0 Å². The quantitative estimate of drug-likeness (QED) is 0.867. The highest BCUT2D eigenvalue weighted by Gasteiger charge is 2.25. The van der Waals surface area contributed by atoms with Gasteiger partial charge in [0.05, 0.1) is 4.90 Å². The van der Waals surface area contributed by atoms with Gasteiger partial charge in [-0.3, -0.25) is 0 Å². The van der Waals surface area contributed by atoms with E-state index in [0.29, 0.717) is 23.7 Å². The summed E-state index contributed by atoms with van der Waals surface area (Å²) >= 11 is 1.81. The second-order valence-corrected chi connectivity index (χ2v) is 7.75. The van der Waals surface area contributed by atoms with Gasteiger partial charge in [-0.1, -0.05) is 13.0 Å². The maximum atomic E-state index is 12.6. The SMILES string of the molecule is CCc1ccc(S(=O)(=O)N2CCCSCC2)cc1N. The van der Waals surface area contributed by atoms with Crippen LogP contribution in [0, 0.1) is 0 Å². The van der Waals surface area contributed by atoms with E-state index in [2.05, 4.69) is 0 Å². The van der Waals surface area contributed by atoms with Crippen molar-refractivity contribution in [2.45, 2.75) is 24.7 Å². The van der Waals surface area contributed by atoms with E-state index >= 15 is 0 Å². The highest BCUT2D eigenvalue weighted by molar-refractivity contribution is 7.99. The Morgan fingerprint density at radius 2 is 2.11 bits per heavy atom. The molecule has 6 heteroatoms. The van der Waals surface area contributed by atoms with Crippen LogP contribution in [0.15, 0.2) is 23.1 Å². The van der Waals surface area contributed by atoms with Crippen LogP contribution in [0.2, 0.25) is 0 Å². The van der Waals surface area contributed by atoms with Crippen LogP contribution >= 0.6 is 11.8 Å². The Hall–Kier alpha value is -0.720. The van der Waals surface area contributed by atoms with Crippen molar-refractivity contribution in [1.82, 2.24) is 4.31 Å². The van der Waals surface area contributed by atoms with Crippen molar-refractivity contribution in [3.05, 3.63) is 23.8 Å². The van der Waals surface area contributed by atoms with Gasteiger partial charge in [0.2, 0.25) is 10.0 Å². The van der Waals surface area contributed by atoms with E-state index in [0.717, 1.165) is 29.9 Å². The molecular weight excluding hydrogens is 280 g/mol. The summed E-state index contributed by atoms with van der Waals surface area (Å²) in [6, 6.07) is 5.07. The first kappa shape index (κ1) is 14.7. The number of nitrogens with two attached hydrogens (primary N) is 1. The molecule has 1 aliphatic rings. The minimum atomic E-state index is -3.39. The van der Waals surface area contributed by atoms with Crippen LogP contribution in [-0.4, -0.2) is 37.3 Å². The number of sulfonamides is 1. The number of nitrogen functional groups attached to an aromatic ring is 1. The second kappa shape index (κ2) is 6.15. The molecule has 2 rings (SSSR count). The summed E-state index contributed by atoms with van der Waals surface area (Å²) < 4.78 is 26.7. The van der Waals surface area contributed by atoms with Gasteiger partial charge < -0.3 is 5.73 Å². The van der Waals surface area contributed by atoms with Gasteiger partial charge in [0, 0.05) is 24.5 Å². The number of aryl methyl sites for hydroxylation is 1. The van der Waals surface area contributed by atoms with Crippen molar-refractivity contribution in [2.24, 2.45) is 0 Å². The Morgan fingerprint density at radius 1 is 1.32 bits per heavy atom. The normalized spacial score (nSPS) is 18.2. The zero-order chi connectivity index (χ0) is 13.9. The van der Waals surface area contributed by atoms with Crippen LogP contribution in [-0.2, 0) is 16.4 Å². The van der Waals surface area contributed by atoms with Gasteiger partial charge in [0.1, 0.15) is 0 Å². The van der Waals surface area contributed by atoms with Crippen molar-refractivity contribution >= 4 is 27.5 Å². The predicted octanol–water partition coefficient (Wildman–Crippen LogP) is 1.96. The number of rotatable bonds is 3. The maximum absolute atomic E-state index is 12.6. The minimum absolute atomic E-state index is 0.314. The summed E-state index contributed by atoms with van der Waals surface area (Å²) in [6.45, 7) is 3.19.